The molecule has 0 bridgehead atoms. The highest BCUT2D eigenvalue weighted by molar-refractivity contribution is 7.91. The molecule has 2 heterocycles. The normalized spacial score (nSPS) is 25.6. The smallest absolute Gasteiger partial charge is 0.169 e. The van der Waals surface area contributed by atoms with Gasteiger partial charge in [-0.3, -0.25) is 0 Å². The zero-order valence-electron chi connectivity index (χ0n) is 14.4. The minimum atomic E-state index is -2.88. The number of thiocarbonyl (C=S) groups is 1. The van der Waals surface area contributed by atoms with Gasteiger partial charge in [0.25, 0.3) is 0 Å². The van der Waals surface area contributed by atoms with Crippen LogP contribution in [-0.2, 0) is 9.84 Å². The van der Waals surface area contributed by atoms with E-state index in [9.17, 15) is 8.42 Å². The van der Waals surface area contributed by atoms with Crippen LogP contribution in [0, 0.1) is 0 Å². The van der Waals surface area contributed by atoms with Crippen molar-refractivity contribution in [3.05, 3.63) is 0 Å². The fraction of sp³-hybridized carbons (Fsp3) is 0.941. The summed E-state index contributed by atoms with van der Waals surface area (Å²) in [6.45, 7) is 3.16. The van der Waals surface area contributed by atoms with Gasteiger partial charge in [-0.2, -0.15) is 0 Å². The Bertz CT molecular complexity index is 479. The fourth-order valence-electron chi connectivity index (χ4n) is 3.70. The Morgan fingerprint density at radius 2 is 1.57 bits per heavy atom. The molecule has 2 fully saturated rings. The lowest BCUT2D eigenvalue weighted by atomic mass is 10.1. The number of nitrogens with one attached hydrogen (secondary N) is 1. The summed E-state index contributed by atoms with van der Waals surface area (Å²) in [4.78, 5) is 2.12. The Labute approximate surface area is 147 Å². The maximum Gasteiger partial charge on any atom is 0.169 e. The van der Waals surface area contributed by atoms with Crippen molar-refractivity contribution >= 4 is 27.2 Å². The van der Waals surface area contributed by atoms with E-state index in [0.717, 1.165) is 18.1 Å². The molecule has 2 unspecified atom stereocenters. The van der Waals surface area contributed by atoms with Crippen molar-refractivity contribution in [1.82, 2.24) is 10.2 Å². The monoisotopic (exact) mass is 360 g/mol. The first-order valence-corrected chi connectivity index (χ1v) is 11.5. The predicted molar refractivity (Wildman–Crippen MR) is 101 cm³/mol. The molecule has 0 radical (unpaired) electrons. The van der Waals surface area contributed by atoms with E-state index < -0.39 is 9.84 Å². The van der Waals surface area contributed by atoms with Gasteiger partial charge in [-0.25, -0.2) is 8.42 Å². The van der Waals surface area contributed by atoms with Crippen LogP contribution in [-0.4, -0.2) is 48.6 Å². The lowest BCUT2D eigenvalue weighted by molar-refractivity contribution is 0.344. The van der Waals surface area contributed by atoms with Crippen molar-refractivity contribution in [2.24, 2.45) is 0 Å². The summed E-state index contributed by atoms with van der Waals surface area (Å²) < 4.78 is 23.5. The standard InChI is InChI=1S/C17H32N2O2S2/c1-2-3-4-5-6-7-8-9-10-11-12-19-16-14-23(20,21)13-15(16)18-17(19)22/h15-16H,2-14H2,1H3,(H,18,22). The summed E-state index contributed by atoms with van der Waals surface area (Å²) >= 11 is 5.36. The van der Waals surface area contributed by atoms with Gasteiger partial charge in [0, 0.05) is 6.54 Å². The molecule has 0 amide bonds. The number of sulfone groups is 1. The van der Waals surface area contributed by atoms with E-state index in [1.807, 2.05) is 0 Å². The first-order valence-electron chi connectivity index (χ1n) is 9.31. The Morgan fingerprint density at radius 3 is 2.17 bits per heavy atom. The Kier molecular flexibility index (Phi) is 7.60. The molecule has 2 atom stereocenters. The third-order valence-corrected chi connectivity index (χ3v) is 7.11. The van der Waals surface area contributed by atoms with Gasteiger partial charge in [-0.05, 0) is 18.6 Å². The van der Waals surface area contributed by atoms with Crippen molar-refractivity contribution in [3.63, 3.8) is 0 Å². The van der Waals surface area contributed by atoms with E-state index in [2.05, 4.69) is 17.1 Å². The van der Waals surface area contributed by atoms with Gasteiger partial charge in [0.2, 0.25) is 0 Å². The van der Waals surface area contributed by atoms with E-state index in [1.54, 1.807) is 0 Å². The van der Waals surface area contributed by atoms with Gasteiger partial charge in [0.15, 0.2) is 14.9 Å². The van der Waals surface area contributed by atoms with E-state index >= 15 is 0 Å². The molecule has 0 aromatic heterocycles. The third-order valence-electron chi connectivity index (χ3n) is 5.05. The van der Waals surface area contributed by atoms with E-state index in [4.69, 9.17) is 12.2 Å². The molecule has 0 spiro atoms. The maximum absolute atomic E-state index is 11.7. The van der Waals surface area contributed by atoms with Crippen molar-refractivity contribution in [3.8, 4) is 0 Å². The Balaban J connectivity index is 1.53. The molecule has 2 aliphatic heterocycles. The molecule has 134 valence electrons. The quantitative estimate of drug-likeness (QED) is 0.453. The second-order valence-corrected chi connectivity index (χ2v) is 9.62. The summed E-state index contributed by atoms with van der Waals surface area (Å²) in [6, 6.07) is 0.0988. The minimum absolute atomic E-state index is 0.0237. The first-order chi connectivity index (χ1) is 11.0. The predicted octanol–water partition coefficient (Wildman–Crippen LogP) is 3.26. The van der Waals surface area contributed by atoms with Crippen LogP contribution in [0.4, 0.5) is 0 Å². The summed E-state index contributed by atoms with van der Waals surface area (Å²) in [7, 11) is -2.88. The highest BCUT2D eigenvalue weighted by Gasteiger charge is 2.46. The molecule has 0 saturated carbocycles. The van der Waals surface area contributed by atoms with Crippen LogP contribution < -0.4 is 5.32 Å². The molecule has 2 aliphatic rings. The average molecular weight is 361 g/mol. The van der Waals surface area contributed by atoms with Gasteiger partial charge in [-0.15, -0.1) is 0 Å². The molecular weight excluding hydrogens is 328 g/mol. The van der Waals surface area contributed by atoms with Crippen molar-refractivity contribution in [1.29, 1.82) is 0 Å². The second kappa shape index (κ2) is 9.21. The molecule has 0 aliphatic carbocycles. The van der Waals surface area contributed by atoms with Gasteiger partial charge in [-0.1, -0.05) is 64.7 Å². The molecule has 6 heteroatoms. The Hall–Kier alpha value is -0.360. The Morgan fingerprint density at radius 1 is 1.00 bits per heavy atom. The number of hydrogen-bond acceptors (Lipinski definition) is 3. The largest absolute Gasteiger partial charge is 0.357 e. The highest BCUT2D eigenvalue weighted by Crippen LogP contribution is 2.24. The topological polar surface area (TPSA) is 49.4 Å². The van der Waals surface area contributed by atoms with Crippen molar-refractivity contribution in [2.75, 3.05) is 18.1 Å². The van der Waals surface area contributed by atoms with Crippen LogP contribution in [0.5, 0.6) is 0 Å². The average Bonchev–Trinajstić information content (AvgIpc) is 2.92. The number of fused-ring (bicyclic) bond motifs is 1. The summed E-state index contributed by atoms with van der Waals surface area (Å²) in [5.41, 5.74) is 0. The zero-order valence-corrected chi connectivity index (χ0v) is 16.1. The van der Waals surface area contributed by atoms with Crippen molar-refractivity contribution < 1.29 is 8.42 Å². The van der Waals surface area contributed by atoms with Crippen molar-refractivity contribution in [2.45, 2.75) is 83.2 Å². The molecule has 2 rings (SSSR count). The highest BCUT2D eigenvalue weighted by atomic mass is 32.2. The molecular formula is C17H32N2O2S2. The van der Waals surface area contributed by atoms with Gasteiger partial charge >= 0.3 is 0 Å². The van der Waals surface area contributed by atoms with Crippen LogP contribution in [0.15, 0.2) is 0 Å². The van der Waals surface area contributed by atoms with Crippen LogP contribution in [0.2, 0.25) is 0 Å². The molecule has 0 aromatic rings. The van der Waals surface area contributed by atoms with Gasteiger partial charge in [0.05, 0.1) is 23.6 Å². The SMILES string of the molecule is CCCCCCCCCCCCN1C(=S)NC2CS(=O)(=O)CC21. The second-order valence-electron chi connectivity index (χ2n) is 7.08. The van der Waals surface area contributed by atoms with Crippen LogP contribution in [0.3, 0.4) is 0 Å². The maximum atomic E-state index is 11.7. The zero-order chi connectivity index (χ0) is 16.7. The van der Waals surface area contributed by atoms with Crippen LogP contribution in [0.25, 0.3) is 0 Å². The number of nitrogens with zero attached hydrogens (tertiary/aromatic N) is 1. The van der Waals surface area contributed by atoms with Crippen LogP contribution >= 0.6 is 12.2 Å². The third kappa shape index (κ3) is 5.89. The van der Waals surface area contributed by atoms with Gasteiger partial charge in [0.1, 0.15) is 0 Å². The van der Waals surface area contributed by atoms with E-state index in [0.29, 0.717) is 0 Å². The van der Waals surface area contributed by atoms with Gasteiger partial charge < -0.3 is 10.2 Å². The summed E-state index contributed by atoms with van der Waals surface area (Å²) in [6.07, 6.45) is 13.2. The first kappa shape index (κ1) is 19.0. The number of rotatable bonds is 11. The fourth-order valence-corrected chi connectivity index (χ4v) is 6.00. The lowest BCUT2D eigenvalue weighted by Gasteiger charge is -2.23. The molecule has 1 N–H and O–H groups in total. The number of hydrogen-bond donors (Lipinski definition) is 1. The minimum Gasteiger partial charge on any atom is -0.357 e. The van der Waals surface area contributed by atoms with E-state index in [1.165, 1.54) is 57.8 Å². The summed E-state index contributed by atoms with van der Waals surface area (Å²) in [5.74, 6) is 0.509. The molecule has 4 nitrogen and oxygen atoms in total. The molecule has 2 saturated heterocycles. The number of unbranched alkanes of at least 4 members (excludes halogenated alkanes) is 9. The summed E-state index contributed by atoms with van der Waals surface area (Å²) in [5, 5.41) is 3.94. The van der Waals surface area contributed by atoms with Crippen LogP contribution in [0.1, 0.15) is 71.1 Å². The lowest BCUT2D eigenvalue weighted by Crippen LogP contribution is -2.37. The van der Waals surface area contributed by atoms with E-state index in [-0.39, 0.29) is 23.6 Å². The molecule has 0 aromatic carbocycles. The molecule has 23 heavy (non-hydrogen) atoms.